The minimum absolute atomic E-state index is 0.128. The molecule has 0 heterocycles. The molecule has 0 aliphatic carbocycles. The van der Waals surface area contributed by atoms with Crippen LogP contribution in [0.5, 0.6) is 5.75 Å². The monoisotopic (exact) mass is 309 g/mol. The summed E-state index contributed by atoms with van der Waals surface area (Å²) in [6.45, 7) is 0.535. The second-order valence-corrected chi connectivity index (χ2v) is 5.89. The quantitative estimate of drug-likeness (QED) is 0.744. The molecule has 20 heavy (non-hydrogen) atoms. The SMILES string of the molecule is CCOP(=O)(OCC)[C@H](N)c1ccccc1OC(F)F. The third-order valence-electron chi connectivity index (χ3n) is 2.41. The second kappa shape index (κ2) is 7.69. The van der Waals surface area contributed by atoms with Gasteiger partial charge < -0.3 is 19.5 Å². The van der Waals surface area contributed by atoms with Crippen LogP contribution < -0.4 is 10.5 Å². The van der Waals surface area contributed by atoms with Crippen LogP contribution in [0.15, 0.2) is 24.3 Å². The number of para-hydroxylation sites is 1. The largest absolute Gasteiger partial charge is 0.434 e. The van der Waals surface area contributed by atoms with Crippen molar-refractivity contribution in [2.45, 2.75) is 26.2 Å². The Bertz CT molecular complexity index is 463. The van der Waals surface area contributed by atoms with Crippen molar-refractivity contribution in [2.75, 3.05) is 13.2 Å². The number of hydrogen-bond acceptors (Lipinski definition) is 5. The Hall–Kier alpha value is -1.01. The van der Waals surface area contributed by atoms with Gasteiger partial charge in [-0.1, -0.05) is 18.2 Å². The first-order valence-electron chi connectivity index (χ1n) is 6.12. The van der Waals surface area contributed by atoms with Gasteiger partial charge >= 0.3 is 14.2 Å². The van der Waals surface area contributed by atoms with E-state index < -0.39 is 20.0 Å². The van der Waals surface area contributed by atoms with Crippen LogP contribution in [0, 0.1) is 0 Å². The van der Waals surface area contributed by atoms with E-state index in [-0.39, 0.29) is 24.5 Å². The van der Waals surface area contributed by atoms with Crippen LogP contribution in [0.3, 0.4) is 0 Å². The number of halogens is 2. The van der Waals surface area contributed by atoms with Gasteiger partial charge in [0.05, 0.1) is 13.2 Å². The van der Waals surface area contributed by atoms with Crippen molar-refractivity contribution in [2.24, 2.45) is 5.73 Å². The molecule has 0 aliphatic heterocycles. The summed E-state index contributed by atoms with van der Waals surface area (Å²) < 4.78 is 51.9. The maximum absolute atomic E-state index is 12.5. The van der Waals surface area contributed by atoms with Gasteiger partial charge in [0.2, 0.25) is 0 Å². The van der Waals surface area contributed by atoms with Crippen LogP contribution in [0.2, 0.25) is 0 Å². The standard InChI is InChI=1S/C12H18F2NO4P/c1-3-17-20(16,18-4-2)11(15)9-7-5-6-8-10(9)19-12(13)14/h5-8,11-12H,3-4,15H2,1-2H3/t11-/m0/s1. The molecule has 1 rings (SSSR count). The molecule has 0 aromatic heterocycles. The summed E-state index contributed by atoms with van der Waals surface area (Å²) in [5, 5.41) is 0. The molecule has 1 aromatic rings. The van der Waals surface area contributed by atoms with E-state index in [9.17, 15) is 13.3 Å². The minimum atomic E-state index is -3.65. The van der Waals surface area contributed by atoms with Crippen LogP contribution in [-0.2, 0) is 13.6 Å². The highest BCUT2D eigenvalue weighted by atomic mass is 31.2. The number of rotatable bonds is 8. The maximum Gasteiger partial charge on any atom is 0.387 e. The summed E-state index contributed by atoms with van der Waals surface area (Å²) in [7, 11) is -3.65. The van der Waals surface area contributed by atoms with Crippen molar-refractivity contribution in [3.8, 4) is 5.75 Å². The molecule has 114 valence electrons. The average molecular weight is 309 g/mol. The number of hydrogen-bond donors (Lipinski definition) is 1. The lowest BCUT2D eigenvalue weighted by molar-refractivity contribution is -0.0505. The highest BCUT2D eigenvalue weighted by Gasteiger charge is 2.35. The lowest BCUT2D eigenvalue weighted by atomic mass is 10.2. The first kappa shape index (κ1) is 17.0. The Kier molecular flexibility index (Phi) is 6.55. The lowest BCUT2D eigenvalue weighted by Gasteiger charge is -2.24. The van der Waals surface area contributed by atoms with Crippen molar-refractivity contribution in [1.29, 1.82) is 0 Å². The minimum Gasteiger partial charge on any atom is -0.434 e. The fourth-order valence-electron chi connectivity index (χ4n) is 1.66. The van der Waals surface area contributed by atoms with Gasteiger partial charge in [-0.3, -0.25) is 4.57 Å². The predicted octanol–water partition coefficient (Wildman–Crippen LogP) is 3.51. The predicted molar refractivity (Wildman–Crippen MR) is 70.9 cm³/mol. The first-order valence-corrected chi connectivity index (χ1v) is 7.73. The molecular weight excluding hydrogens is 291 g/mol. The van der Waals surface area contributed by atoms with Gasteiger partial charge in [0.25, 0.3) is 0 Å². The molecule has 0 saturated heterocycles. The van der Waals surface area contributed by atoms with Crippen LogP contribution >= 0.6 is 7.60 Å². The Morgan fingerprint density at radius 3 is 2.25 bits per heavy atom. The second-order valence-electron chi connectivity index (χ2n) is 3.74. The number of benzene rings is 1. The molecule has 1 atom stereocenters. The lowest BCUT2D eigenvalue weighted by Crippen LogP contribution is -2.17. The normalized spacial score (nSPS) is 13.5. The van der Waals surface area contributed by atoms with E-state index in [2.05, 4.69) is 4.74 Å². The van der Waals surface area contributed by atoms with Crippen molar-refractivity contribution in [3.63, 3.8) is 0 Å². The fourth-order valence-corrected chi connectivity index (χ4v) is 3.33. The molecule has 0 spiro atoms. The summed E-state index contributed by atoms with van der Waals surface area (Å²) >= 11 is 0. The van der Waals surface area contributed by atoms with Crippen LogP contribution in [0.4, 0.5) is 8.78 Å². The third-order valence-corrected chi connectivity index (χ3v) is 4.61. The van der Waals surface area contributed by atoms with Gasteiger partial charge in [-0.05, 0) is 19.9 Å². The molecule has 0 fully saturated rings. The fraction of sp³-hybridized carbons (Fsp3) is 0.500. The van der Waals surface area contributed by atoms with Crippen LogP contribution in [0.1, 0.15) is 25.2 Å². The zero-order valence-electron chi connectivity index (χ0n) is 11.3. The Morgan fingerprint density at radius 2 is 1.75 bits per heavy atom. The van der Waals surface area contributed by atoms with Crippen LogP contribution in [-0.4, -0.2) is 19.8 Å². The summed E-state index contributed by atoms with van der Waals surface area (Å²) in [5.41, 5.74) is 6.04. The Balaban J connectivity index is 3.11. The number of alkyl halides is 2. The molecule has 0 aliphatic rings. The highest BCUT2D eigenvalue weighted by molar-refractivity contribution is 7.54. The van der Waals surface area contributed by atoms with E-state index in [1.54, 1.807) is 19.9 Å². The molecule has 1 aromatic carbocycles. The van der Waals surface area contributed by atoms with Gasteiger partial charge in [-0.2, -0.15) is 8.78 Å². The average Bonchev–Trinajstić information content (AvgIpc) is 2.38. The van der Waals surface area contributed by atoms with Crippen molar-refractivity contribution in [3.05, 3.63) is 29.8 Å². The summed E-state index contributed by atoms with van der Waals surface area (Å²) in [6.07, 6.45) is 0. The van der Waals surface area contributed by atoms with Gasteiger partial charge in [0.1, 0.15) is 11.5 Å². The number of nitrogens with two attached hydrogens (primary N) is 1. The van der Waals surface area contributed by atoms with Crippen molar-refractivity contribution < 1.29 is 27.1 Å². The molecule has 5 nitrogen and oxygen atoms in total. The molecule has 8 heteroatoms. The van der Waals surface area contributed by atoms with Crippen LogP contribution in [0.25, 0.3) is 0 Å². The van der Waals surface area contributed by atoms with E-state index >= 15 is 0 Å². The number of ether oxygens (including phenoxy) is 1. The van der Waals surface area contributed by atoms with Gasteiger partial charge in [0, 0.05) is 5.56 Å². The Labute approximate surface area is 116 Å². The summed E-state index contributed by atoms with van der Waals surface area (Å²) in [5.74, 6) is -1.34. The van der Waals surface area contributed by atoms with Crippen molar-refractivity contribution >= 4 is 7.60 Å². The smallest absolute Gasteiger partial charge is 0.387 e. The molecular formula is C12H18F2NO4P. The van der Waals surface area contributed by atoms with Gasteiger partial charge in [0.15, 0.2) is 0 Å². The highest BCUT2D eigenvalue weighted by Crippen LogP contribution is 2.59. The zero-order valence-corrected chi connectivity index (χ0v) is 12.2. The van der Waals surface area contributed by atoms with E-state index in [0.29, 0.717) is 0 Å². The summed E-state index contributed by atoms with van der Waals surface area (Å²) in [6, 6.07) is 5.87. The maximum atomic E-state index is 12.5. The molecule has 0 unspecified atom stereocenters. The third kappa shape index (κ3) is 4.24. The van der Waals surface area contributed by atoms with E-state index in [1.165, 1.54) is 18.2 Å². The van der Waals surface area contributed by atoms with Gasteiger partial charge in [-0.15, -0.1) is 0 Å². The van der Waals surface area contributed by atoms with Gasteiger partial charge in [-0.25, -0.2) is 0 Å². The topological polar surface area (TPSA) is 70.8 Å². The summed E-state index contributed by atoms with van der Waals surface area (Å²) in [4.78, 5) is 0. The van der Waals surface area contributed by atoms with E-state index in [1.807, 2.05) is 0 Å². The zero-order chi connectivity index (χ0) is 15.2. The molecule has 0 radical (unpaired) electrons. The van der Waals surface area contributed by atoms with E-state index in [4.69, 9.17) is 14.8 Å². The Morgan fingerprint density at radius 1 is 1.20 bits per heavy atom. The van der Waals surface area contributed by atoms with E-state index in [0.717, 1.165) is 0 Å². The molecule has 0 amide bonds. The first-order chi connectivity index (χ1) is 9.44. The molecule has 0 bridgehead atoms. The van der Waals surface area contributed by atoms with Crippen molar-refractivity contribution in [1.82, 2.24) is 0 Å². The molecule has 0 saturated carbocycles. The molecule has 2 N–H and O–H groups in total.